The molecule has 0 saturated carbocycles. The predicted molar refractivity (Wildman–Crippen MR) is 56.7 cm³/mol. The molecule has 3 N–H and O–H groups in total. The van der Waals surface area contributed by atoms with Crippen LogP contribution in [0.25, 0.3) is 5.57 Å². The summed E-state index contributed by atoms with van der Waals surface area (Å²) in [5.41, 5.74) is 9.09. The fourth-order valence-electron chi connectivity index (χ4n) is 1.53. The Morgan fingerprint density at radius 3 is 2.92 bits per heavy atom. The highest BCUT2D eigenvalue weighted by molar-refractivity contribution is 6.23. The van der Waals surface area contributed by atoms with E-state index in [1.165, 1.54) is 0 Å². The predicted octanol–water partition coefficient (Wildman–Crippen LogP) is 2.02. The Morgan fingerprint density at radius 1 is 1.38 bits per heavy atom. The highest BCUT2D eigenvalue weighted by Crippen LogP contribution is 2.28. The van der Waals surface area contributed by atoms with Crippen molar-refractivity contribution in [2.75, 3.05) is 11.2 Å². The Balaban J connectivity index is 2.49. The average Bonchev–Trinajstić information content (AvgIpc) is 2.16. The first-order chi connectivity index (χ1) is 6.31. The Labute approximate surface area is 82.4 Å². The molecule has 0 amide bonds. The Bertz CT molecular complexity index is 347. The van der Waals surface area contributed by atoms with Crippen molar-refractivity contribution in [3.63, 3.8) is 0 Å². The van der Waals surface area contributed by atoms with Crippen molar-refractivity contribution < 1.29 is 0 Å². The van der Waals surface area contributed by atoms with Gasteiger partial charge in [-0.15, -0.1) is 11.6 Å². The van der Waals surface area contributed by atoms with E-state index >= 15 is 0 Å². The van der Waals surface area contributed by atoms with Crippen LogP contribution >= 0.6 is 11.6 Å². The van der Waals surface area contributed by atoms with E-state index in [4.69, 9.17) is 17.3 Å². The molecule has 3 heteroatoms. The second-order valence-corrected chi connectivity index (χ2v) is 3.31. The van der Waals surface area contributed by atoms with Gasteiger partial charge in [0.2, 0.25) is 0 Å². The van der Waals surface area contributed by atoms with Gasteiger partial charge in [-0.05, 0) is 17.7 Å². The highest BCUT2D eigenvalue weighted by atomic mass is 35.5. The average molecular weight is 195 g/mol. The van der Waals surface area contributed by atoms with Crippen molar-refractivity contribution >= 4 is 22.9 Å². The topological polar surface area (TPSA) is 38.0 Å². The number of hydrogen-bond donors (Lipinski definition) is 2. The van der Waals surface area contributed by atoms with Crippen molar-refractivity contribution in [2.45, 2.75) is 6.17 Å². The fourth-order valence-corrected chi connectivity index (χ4v) is 1.77. The summed E-state index contributed by atoms with van der Waals surface area (Å²) in [6.45, 7) is 0. The largest absolute Gasteiger partial charge is 0.366 e. The van der Waals surface area contributed by atoms with Gasteiger partial charge in [-0.25, -0.2) is 0 Å². The Morgan fingerprint density at radius 2 is 2.15 bits per heavy atom. The number of nitrogens with one attached hydrogen (secondary N) is 1. The summed E-state index contributed by atoms with van der Waals surface area (Å²) in [5.74, 6) is 0.506. The summed E-state index contributed by atoms with van der Waals surface area (Å²) in [6.07, 6.45) is 1.83. The molecule has 1 atom stereocenters. The first kappa shape index (κ1) is 8.60. The van der Waals surface area contributed by atoms with Crippen molar-refractivity contribution in [3.8, 4) is 0 Å². The molecule has 0 fully saturated rings. The molecule has 2 rings (SSSR count). The van der Waals surface area contributed by atoms with E-state index in [9.17, 15) is 0 Å². The van der Waals surface area contributed by atoms with Crippen LogP contribution in [0.4, 0.5) is 5.69 Å². The van der Waals surface area contributed by atoms with E-state index in [1.807, 2.05) is 30.3 Å². The first-order valence-corrected chi connectivity index (χ1v) is 4.73. The Hall–Kier alpha value is -0.990. The van der Waals surface area contributed by atoms with Gasteiger partial charge in [0.1, 0.15) is 0 Å². The summed E-state index contributed by atoms with van der Waals surface area (Å²) < 4.78 is 0. The molecule has 0 saturated heterocycles. The van der Waals surface area contributed by atoms with Crippen LogP contribution in [0.3, 0.4) is 0 Å². The van der Waals surface area contributed by atoms with Crippen LogP contribution in [-0.2, 0) is 0 Å². The van der Waals surface area contributed by atoms with Crippen LogP contribution < -0.4 is 11.1 Å². The molecular formula is C10H11ClN2. The highest BCUT2D eigenvalue weighted by Gasteiger charge is 2.14. The van der Waals surface area contributed by atoms with Crippen molar-refractivity contribution in [2.24, 2.45) is 5.73 Å². The van der Waals surface area contributed by atoms with Gasteiger partial charge in [-0.3, -0.25) is 0 Å². The van der Waals surface area contributed by atoms with Crippen LogP contribution in [0.1, 0.15) is 5.56 Å². The van der Waals surface area contributed by atoms with Crippen LogP contribution in [0.15, 0.2) is 30.3 Å². The normalized spacial score (nSPS) is 20.2. The lowest BCUT2D eigenvalue weighted by Crippen LogP contribution is -2.30. The molecular weight excluding hydrogens is 184 g/mol. The third-order valence-corrected chi connectivity index (χ3v) is 2.41. The smallest absolute Gasteiger partial charge is 0.0941 e. The summed E-state index contributed by atoms with van der Waals surface area (Å²) in [7, 11) is 0. The molecule has 13 heavy (non-hydrogen) atoms. The molecule has 0 aliphatic carbocycles. The molecule has 1 unspecified atom stereocenters. The van der Waals surface area contributed by atoms with E-state index in [0.29, 0.717) is 5.88 Å². The number of rotatable bonds is 1. The lowest BCUT2D eigenvalue weighted by molar-refractivity contribution is 0.932. The number of hydrogen-bond acceptors (Lipinski definition) is 2. The number of para-hydroxylation sites is 1. The summed E-state index contributed by atoms with van der Waals surface area (Å²) >= 11 is 5.82. The number of allylic oxidation sites excluding steroid dienone is 1. The minimum Gasteiger partial charge on any atom is -0.366 e. The molecule has 0 spiro atoms. The minimum atomic E-state index is -0.122. The SMILES string of the molecule is NC1C=C(CCl)c2ccccc2N1. The maximum Gasteiger partial charge on any atom is 0.0941 e. The number of benzene rings is 1. The lowest BCUT2D eigenvalue weighted by Gasteiger charge is -2.22. The second-order valence-electron chi connectivity index (χ2n) is 3.04. The van der Waals surface area contributed by atoms with Gasteiger partial charge in [0, 0.05) is 17.1 Å². The Kier molecular flexibility index (Phi) is 2.25. The van der Waals surface area contributed by atoms with E-state index in [1.54, 1.807) is 0 Å². The van der Waals surface area contributed by atoms with Gasteiger partial charge in [0.15, 0.2) is 0 Å². The van der Waals surface area contributed by atoms with E-state index < -0.39 is 0 Å². The standard InChI is InChI=1S/C10H11ClN2/c11-6-7-5-10(12)13-9-4-2-1-3-8(7)9/h1-5,10,13H,6,12H2. The number of alkyl halides is 1. The fraction of sp³-hybridized carbons (Fsp3) is 0.200. The third kappa shape index (κ3) is 1.55. The molecule has 1 heterocycles. The monoisotopic (exact) mass is 194 g/mol. The number of halogens is 1. The van der Waals surface area contributed by atoms with Crippen LogP contribution in [0, 0.1) is 0 Å². The van der Waals surface area contributed by atoms with Crippen molar-refractivity contribution in [1.29, 1.82) is 0 Å². The minimum absolute atomic E-state index is 0.122. The summed E-state index contributed by atoms with van der Waals surface area (Å²) in [4.78, 5) is 0. The zero-order valence-electron chi connectivity index (χ0n) is 7.13. The zero-order valence-corrected chi connectivity index (χ0v) is 7.88. The molecule has 1 aromatic rings. The lowest BCUT2D eigenvalue weighted by atomic mass is 10.0. The quantitative estimate of drug-likeness (QED) is 0.672. The van der Waals surface area contributed by atoms with Crippen LogP contribution in [0.5, 0.6) is 0 Å². The van der Waals surface area contributed by atoms with Gasteiger partial charge >= 0.3 is 0 Å². The maximum atomic E-state index is 5.82. The number of nitrogens with two attached hydrogens (primary N) is 1. The molecule has 2 nitrogen and oxygen atoms in total. The summed E-state index contributed by atoms with van der Waals surface area (Å²) in [5, 5.41) is 3.17. The van der Waals surface area contributed by atoms with Crippen molar-refractivity contribution in [1.82, 2.24) is 0 Å². The second kappa shape index (κ2) is 3.40. The van der Waals surface area contributed by atoms with E-state index in [2.05, 4.69) is 5.32 Å². The molecule has 1 aliphatic heterocycles. The van der Waals surface area contributed by atoms with E-state index in [-0.39, 0.29) is 6.17 Å². The first-order valence-electron chi connectivity index (χ1n) is 4.19. The van der Waals surface area contributed by atoms with Crippen LogP contribution in [-0.4, -0.2) is 12.0 Å². The van der Waals surface area contributed by atoms with Gasteiger partial charge in [0.25, 0.3) is 0 Å². The maximum absolute atomic E-state index is 5.82. The zero-order chi connectivity index (χ0) is 9.26. The third-order valence-electron chi connectivity index (χ3n) is 2.12. The van der Waals surface area contributed by atoms with Crippen molar-refractivity contribution in [3.05, 3.63) is 35.9 Å². The molecule has 0 aromatic heterocycles. The molecule has 1 aromatic carbocycles. The van der Waals surface area contributed by atoms with Gasteiger partial charge in [-0.2, -0.15) is 0 Å². The van der Waals surface area contributed by atoms with E-state index in [0.717, 1.165) is 16.8 Å². The van der Waals surface area contributed by atoms with Gasteiger partial charge < -0.3 is 11.1 Å². The molecule has 0 radical (unpaired) electrons. The summed E-state index contributed by atoms with van der Waals surface area (Å²) in [6, 6.07) is 8.03. The number of anilines is 1. The molecule has 68 valence electrons. The van der Waals surface area contributed by atoms with Crippen LogP contribution in [0.2, 0.25) is 0 Å². The molecule has 1 aliphatic rings. The number of fused-ring (bicyclic) bond motifs is 1. The van der Waals surface area contributed by atoms with Gasteiger partial charge in [-0.1, -0.05) is 18.2 Å². The molecule has 0 bridgehead atoms. The van der Waals surface area contributed by atoms with Gasteiger partial charge in [0.05, 0.1) is 6.17 Å².